The molecular weight excluding hydrogens is 562 g/mol. The van der Waals surface area contributed by atoms with Crippen LogP contribution in [0.1, 0.15) is 60.6 Å². The summed E-state index contributed by atoms with van der Waals surface area (Å²) in [5, 5.41) is 17.0. The minimum atomic E-state index is -0.446. The van der Waals surface area contributed by atoms with E-state index >= 15 is 0 Å². The Morgan fingerprint density at radius 3 is 2.66 bits per heavy atom. The second-order valence-corrected chi connectivity index (χ2v) is 11.6. The molecule has 2 atom stereocenters. The molecule has 1 aromatic heterocycles. The maximum absolute atomic E-state index is 12.6. The van der Waals surface area contributed by atoms with Crippen molar-refractivity contribution < 1.29 is 19.1 Å². The number of carbonyl (C=O) groups is 2. The van der Waals surface area contributed by atoms with Gasteiger partial charge in [0.05, 0.1) is 30.7 Å². The maximum Gasteiger partial charge on any atom is 0.276 e. The van der Waals surface area contributed by atoms with Gasteiger partial charge in [-0.2, -0.15) is 5.10 Å². The summed E-state index contributed by atoms with van der Waals surface area (Å²) in [4.78, 5) is 24.8. The smallest absolute Gasteiger partial charge is 0.276 e. The first kappa shape index (κ1) is 28.9. The van der Waals surface area contributed by atoms with Crippen LogP contribution in [0, 0.1) is 0 Å². The van der Waals surface area contributed by atoms with E-state index in [-0.39, 0.29) is 22.2 Å². The highest BCUT2D eigenvalue weighted by molar-refractivity contribution is 8.01. The summed E-state index contributed by atoms with van der Waals surface area (Å²) in [6.45, 7) is 2.48. The van der Waals surface area contributed by atoms with E-state index in [9.17, 15) is 9.59 Å². The van der Waals surface area contributed by atoms with Crippen LogP contribution < -0.4 is 14.8 Å². The van der Waals surface area contributed by atoms with Crippen molar-refractivity contribution in [3.63, 3.8) is 0 Å². The molecule has 1 fully saturated rings. The third kappa shape index (κ3) is 7.00. The molecule has 9 nitrogen and oxygen atoms in total. The first-order chi connectivity index (χ1) is 20.0. The minimum absolute atomic E-state index is 0.0419. The lowest BCUT2D eigenvalue weighted by atomic mass is 10.0. The van der Waals surface area contributed by atoms with Crippen molar-refractivity contribution in [1.82, 2.24) is 15.2 Å². The number of amides is 1. The highest BCUT2D eigenvalue weighted by Crippen LogP contribution is 2.37. The molecule has 0 spiro atoms. The van der Waals surface area contributed by atoms with Gasteiger partial charge in [-0.1, -0.05) is 30.7 Å². The summed E-state index contributed by atoms with van der Waals surface area (Å²) in [6.07, 6.45) is 6.39. The van der Waals surface area contributed by atoms with E-state index < -0.39 is 11.3 Å². The number of hydrogen-bond acceptors (Lipinski definition) is 9. The number of anilines is 1. The Labute approximate surface area is 248 Å². The number of rotatable bonds is 10. The molecule has 0 bridgehead atoms. The first-order valence-electron chi connectivity index (χ1n) is 13.7. The van der Waals surface area contributed by atoms with Crippen LogP contribution in [-0.2, 0) is 11.3 Å². The Kier molecular flexibility index (Phi) is 9.41. The van der Waals surface area contributed by atoms with Gasteiger partial charge in [-0.05, 0) is 80.1 Å². The number of thioether (sulfide) groups is 1. The Morgan fingerprint density at radius 2 is 1.95 bits per heavy atom. The van der Waals surface area contributed by atoms with Gasteiger partial charge in [-0.25, -0.2) is 0 Å². The predicted molar refractivity (Wildman–Crippen MR) is 161 cm³/mol. The second-order valence-electron chi connectivity index (χ2n) is 9.93. The molecule has 1 aliphatic heterocycles. The number of hydrogen-bond donors (Lipinski definition) is 1. The SMILES string of the molecule is CCC1SC(C=O)N(Cc2cccc(NC(=O)c3ccc(Cl)nn3)c2)N=C1c1ccc(OC)c(OC2CCCC2)c1. The van der Waals surface area contributed by atoms with Crippen LogP contribution in [-0.4, -0.2) is 56.9 Å². The molecule has 3 aromatic rings. The van der Waals surface area contributed by atoms with Crippen molar-refractivity contribution in [3.05, 3.63) is 76.6 Å². The fourth-order valence-corrected chi connectivity index (χ4v) is 6.27. The third-order valence-corrected chi connectivity index (χ3v) is 8.80. The molecule has 1 amide bonds. The highest BCUT2D eigenvalue weighted by atomic mass is 35.5. The van der Waals surface area contributed by atoms with Crippen molar-refractivity contribution in [1.29, 1.82) is 0 Å². The van der Waals surface area contributed by atoms with Gasteiger partial charge in [0.15, 0.2) is 28.6 Å². The number of ether oxygens (including phenoxy) is 2. The maximum atomic E-state index is 12.6. The van der Waals surface area contributed by atoms with Gasteiger partial charge >= 0.3 is 0 Å². The summed E-state index contributed by atoms with van der Waals surface area (Å²) in [5.74, 6) is 1.02. The van der Waals surface area contributed by atoms with Crippen molar-refractivity contribution in [2.45, 2.75) is 62.3 Å². The monoisotopic (exact) mass is 593 g/mol. The van der Waals surface area contributed by atoms with Crippen molar-refractivity contribution in [2.24, 2.45) is 5.10 Å². The van der Waals surface area contributed by atoms with Crippen LogP contribution in [0.15, 0.2) is 59.7 Å². The number of hydrazone groups is 1. The largest absolute Gasteiger partial charge is 0.493 e. The van der Waals surface area contributed by atoms with Crippen LogP contribution in [0.25, 0.3) is 0 Å². The molecule has 2 aliphatic rings. The molecule has 5 rings (SSSR count). The Balaban J connectivity index is 1.39. The summed E-state index contributed by atoms with van der Waals surface area (Å²) in [6, 6.07) is 16.4. The summed E-state index contributed by atoms with van der Waals surface area (Å²) in [5.41, 5.74) is 3.47. The fourth-order valence-electron chi connectivity index (χ4n) is 5.00. The van der Waals surface area contributed by atoms with Crippen LogP contribution in [0.4, 0.5) is 5.69 Å². The number of methoxy groups -OCH3 is 1. The van der Waals surface area contributed by atoms with Gasteiger partial charge in [0, 0.05) is 11.3 Å². The van der Waals surface area contributed by atoms with Crippen molar-refractivity contribution in [3.8, 4) is 11.5 Å². The molecular formula is C30H32ClN5O4S. The molecule has 0 saturated heterocycles. The Morgan fingerprint density at radius 1 is 1.12 bits per heavy atom. The molecule has 2 heterocycles. The van der Waals surface area contributed by atoms with Crippen molar-refractivity contribution in [2.75, 3.05) is 12.4 Å². The number of benzene rings is 2. The number of nitrogens with zero attached hydrogens (tertiary/aromatic N) is 4. The van der Waals surface area contributed by atoms with Crippen LogP contribution >= 0.6 is 23.4 Å². The van der Waals surface area contributed by atoms with Gasteiger partial charge in [0.1, 0.15) is 5.37 Å². The minimum Gasteiger partial charge on any atom is -0.493 e. The Bertz CT molecular complexity index is 1410. The summed E-state index contributed by atoms with van der Waals surface area (Å²) < 4.78 is 11.9. The lowest BCUT2D eigenvalue weighted by molar-refractivity contribution is -0.110. The van der Waals surface area contributed by atoms with Gasteiger partial charge < -0.3 is 19.6 Å². The summed E-state index contributed by atoms with van der Waals surface area (Å²) in [7, 11) is 1.65. The topological polar surface area (TPSA) is 106 Å². The average molecular weight is 594 g/mol. The zero-order valence-electron chi connectivity index (χ0n) is 23.0. The van der Waals surface area contributed by atoms with E-state index in [4.69, 9.17) is 26.2 Å². The number of carbonyl (C=O) groups excluding carboxylic acids is 2. The van der Waals surface area contributed by atoms with Crippen molar-refractivity contribution >= 4 is 47.0 Å². The molecule has 214 valence electrons. The molecule has 2 unspecified atom stereocenters. The Hall–Kier alpha value is -3.63. The lowest BCUT2D eigenvalue weighted by Gasteiger charge is -2.35. The van der Waals surface area contributed by atoms with E-state index in [2.05, 4.69) is 22.4 Å². The van der Waals surface area contributed by atoms with Gasteiger partial charge in [0.25, 0.3) is 5.91 Å². The second kappa shape index (κ2) is 13.4. The first-order valence-corrected chi connectivity index (χ1v) is 15.0. The number of aldehydes is 1. The van der Waals surface area contributed by atoms with Gasteiger partial charge in [0.2, 0.25) is 0 Å². The predicted octanol–water partition coefficient (Wildman–Crippen LogP) is 5.97. The molecule has 1 N–H and O–H groups in total. The fraction of sp³-hybridized carbons (Fsp3) is 0.367. The number of aromatic nitrogens is 2. The molecule has 2 aromatic carbocycles. The van der Waals surface area contributed by atoms with Gasteiger partial charge in [-0.3, -0.25) is 9.80 Å². The van der Waals surface area contributed by atoms with Crippen LogP contribution in [0.5, 0.6) is 11.5 Å². The zero-order chi connectivity index (χ0) is 28.8. The number of halogens is 1. The number of nitrogens with one attached hydrogen (secondary N) is 1. The standard InChI is InChI=1S/C30H32ClN5O4S/c1-3-26-29(20-11-13-24(39-2)25(16-20)40-22-9-4-5-10-22)35-36(28(18-37)41-26)17-19-7-6-8-21(15-19)32-30(38)23-12-14-27(31)34-33-23/h6-8,11-16,18,22,26,28H,3-5,9-10,17H2,1-2H3,(H,32,38). The average Bonchev–Trinajstić information content (AvgIpc) is 3.50. The van der Waals surface area contributed by atoms with E-state index in [1.165, 1.54) is 25.0 Å². The van der Waals surface area contributed by atoms with E-state index in [1.807, 2.05) is 36.4 Å². The van der Waals surface area contributed by atoms with Gasteiger partial charge in [-0.15, -0.1) is 22.0 Å². The zero-order valence-corrected chi connectivity index (χ0v) is 24.5. The molecule has 0 radical (unpaired) electrons. The molecule has 41 heavy (non-hydrogen) atoms. The molecule has 1 saturated carbocycles. The van der Waals surface area contributed by atoms with Crippen LogP contribution in [0.2, 0.25) is 5.15 Å². The van der Waals surface area contributed by atoms with Crippen LogP contribution in [0.3, 0.4) is 0 Å². The normalized spacial score (nSPS) is 19.0. The molecule has 11 heteroatoms. The third-order valence-electron chi connectivity index (χ3n) is 7.08. The quantitative estimate of drug-likeness (QED) is 0.287. The van der Waals surface area contributed by atoms with E-state index in [1.54, 1.807) is 29.9 Å². The highest BCUT2D eigenvalue weighted by Gasteiger charge is 2.32. The van der Waals surface area contributed by atoms with E-state index in [0.717, 1.165) is 48.1 Å². The lowest BCUT2D eigenvalue weighted by Crippen LogP contribution is -2.39. The molecule has 1 aliphatic carbocycles. The van der Waals surface area contributed by atoms with E-state index in [0.29, 0.717) is 18.0 Å². The summed E-state index contributed by atoms with van der Waals surface area (Å²) >= 11 is 7.36.